The lowest BCUT2D eigenvalue weighted by Crippen LogP contribution is -2.23. The number of fused-ring (bicyclic) bond motifs is 1. The SMILES string of the molecule is COc1cc2nc(N(C)Cc3cccc(Nc4ccnc(Cl)n4)c3)[nH]c(=O)c2c(OC)c1OC. The highest BCUT2D eigenvalue weighted by Crippen LogP contribution is 2.41. The lowest BCUT2D eigenvalue weighted by molar-refractivity contribution is 0.327. The Balaban J connectivity index is 1.63. The normalized spacial score (nSPS) is 10.7. The topological polar surface area (TPSA) is 114 Å². The van der Waals surface area contributed by atoms with E-state index in [-0.39, 0.29) is 22.0 Å². The van der Waals surface area contributed by atoms with Gasteiger partial charge in [-0.15, -0.1) is 0 Å². The molecule has 11 heteroatoms. The maximum absolute atomic E-state index is 13.0. The summed E-state index contributed by atoms with van der Waals surface area (Å²) in [6.07, 6.45) is 1.58. The first-order valence-corrected chi connectivity index (χ1v) is 10.6. The highest BCUT2D eigenvalue weighted by molar-refractivity contribution is 6.28. The van der Waals surface area contributed by atoms with Crippen LogP contribution in [0.15, 0.2) is 47.4 Å². The molecule has 176 valence electrons. The summed E-state index contributed by atoms with van der Waals surface area (Å²) in [5, 5.41) is 3.65. The molecule has 2 heterocycles. The van der Waals surface area contributed by atoms with Gasteiger partial charge in [0.1, 0.15) is 11.2 Å². The summed E-state index contributed by atoms with van der Waals surface area (Å²) < 4.78 is 16.2. The molecule has 0 aliphatic heterocycles. The molecule has 0 spiro atoms. The number of benzene rings is 2. The minimum absolute atomic E-state index is 0.165. The average molecular weight is 483 g/mol. The Hall–Kier alpha value is -4.05. The van der Waals surface area contributed by atoms with E-state index in [4.69, 9.17) is 25.8 Å². The summed E-state index contributed by atoms with van der Waals surface area (Å²) in [5.74, 6) is 2.00. The third-order valence-electron chi connectivity index (χ3n) is 5.09. The summed E-state index contributed by atoms with van der Waals surface area (Å²) in [6, 6.07) is 11.2. The van der Waals surface area contributed by atoms with Crippen LogP contribution in [-0.4, -0.2) is 48.3 Å². The minimum atomic E-state index is -0.347. The van der Waals surface area contributed by atoms with E-state index >= 15 is 0 Å². The Morgan fingerprint density at radius 1 is 1.06 bits per heavy atom. The van der Waals surface area contributed by atoms with E-state index in [0.29, 0.717) is 35.3 Å². The quantitative estimate of drug-likeness (QED) is 0.362. The van der Waals surface area contributed by atoms with Crippen LogP contribution in [0.1, 0.15) is 5.56 Å². The number of nitrogens with one attached hydrogen (secondary N) is 2. The average Bonchev–Trinajstić information content (AvgIpc) is 2.82. The largest absolute Gasteiger partial charge is 0.493 e. The molecule has 0 unspecified atom stereocenters. The number of rotatable bonds is 8. The van der Waals surface area contributed by atoms with Gasteiger partial charge in [0.05, 0.1) is 26.8 Å². The molecule has 0 atom stereocenters. The van der Waals surface area contributed by atoms with Crippen LogP contribution in [-0.2, 0) is 6.54 Å². The van der Waals surface area contributed by atoms with Crippen molar-refractivity contribution in [3.63, 3.8) is 0 Å². The van der Waals surface area contributed by atoms with Gasteiger partial charge in [-0.1, -0.05) is 12.1 Å². The fourth-order valence-corrected chi connectivity index (χ4v) is 3.73. The molecule has 0 aliphatic rings. The molecule has 4 rings (SSSR count). The second kappa shape index (κ2) is 9.84. The number of aromatic nitrogens is 4. The molecule has 34 heavy (non-hydrogen) atoms. The van der Waals surface area contributed by atoms with Gasteiger partial charge in [-0.05, 0) is 35.4 Å². The van der Waals surface area contributed by atoms with E-state index in [1.54, 1.807) is 18.3 Å². The second-order valence-electron chi connectivity index (χ2n) is 7.32. The lowest BCUT2D eigenvalue weighted by atomic mass is 10.2. The molecule has 0 bridgehead atoms. The van der Waals surface area contributed by atoms with Gasteiger partial charge in [0, 0.05) is 31.5 Å². The maximum Gasteiger partial charge on any atom is 0.264 e. The summed E-state index contributed by atoms with van der Waals surface area (Å²) in [7, 11) is 6.30. The molecule has 0 amide bonds. The van der Waals surface area contributed by atoms with Gasteiger partial charge in [-0.25, -0.2) is 15.0 Å². The van der Waals surface area contributed by atoms with E-state index in [0.717, 1.165) is 11.3 Å². The smallest absolute Gasteiger partial charge is 0.264 e. The Bertz CT molecular complexity index is 1390. The van der Waals surface area contributed by atoms with Crippen LogP contribution >= 0.6 is 11.6 Å². The minimum Gasteiger partial charge on any atom is -0.493 e. The van der Waals surface area contributed by atoms with E-state index in [2.05, 4.69) is 25.3 Å². The molecule has 2 aromatic heterocycles. The highest BCUT2D eigenvalue weighted by Gasteiger charge is 2.20. The van der Waals surface area contributed by atoms with Crippen LogP contribution in [0, 0.1) is 0 Å². The van der Waals surface area contributed by atoms with Crippen molar-refractivity contribution in [1.29, 1.82) is 0 Å². The van der Waals surface area contributed by atoms with Crippen LogP contribution in [0.3, 0.4) is 0 Å². The number of hydrogen-bond donors (Lipinski definition) is 2. The molecule has 2 N–H and O–H groups in total. The number of H-pyrrole nitrogens is 1. The van der Waals surface area contributed by atoms with Crippen molar-refractivity contribution >= 4 is 40.0 Å². The Morgan fingerprint density at radius 2 is 1.85 bits per heavy atom. The fraction of sp³-hybridized carbons (Fsp3) is 0.217. The number of hydrogen-bond acceptors (Lipinski definition) is 9. The third-order valence-corrected chi connectivity index (χ3v) is 5.28. The number of aromatic amines is 1. The zero-order valence-electron chi connectivity index (χ0n) is 19.0. The van der Waals surface area contributed by atoms with Crippen LogP contribution in [0.25, 0.3) is 10.9 Å². The molecule has 4 aromatic rings. The zero-order valence-corrected chi connectivity index (χ0v) is 19.8. The Labute approximate surface area is 200 Å². The molecule has 0 saturated carbocycles. The predicted octanol–water partition coefficient (Wildman–Crippen LogP) is 3.77. The van der Waals surface area contributed by atoms with Gasteiger partial charge in [-0.2, -0.15) is 0 Å². The first-order chi connectivity index (χ1) is 16.4. The van der Waals surface area contributed by atoms with Crippen molar-refractivity contribution in [2.24, 2.45) is 0 Å². The maximum atomic E-state index is 13.0. The van der Waals surface area contributed by atoms with Gasteiger partial charge in [0.25, 0.3) is 5.56 Å². The monoisotopic (exact) mass is 482 g/mol. The van der Waals surface area contributed by atoms with Gasteiger partial charge in [-0.3, -0.25) is 9.78 Å². The number of nitrogens with zero attached hydrogens (tertiary/aromatic N) is 4. The van der Waals surface area contributed by atoms with Crippen molar-refractivity contribution in [2.45, 2.75) is 6.54 Å². The Kier molecular flexibility index (Phi) is 6.69. The van der Waals surface area contributed by atoms with Gasteiger partial charge in [0.2, 0.25) is 17.0 Å². The summed E-state index contributed by atoms with van der Waals surface area (Å²) >= 11 is 5.86. The number of ether oxygens (including phenoxy) is 3. The van der Waals surface area contributed by atoms with Crippen LogP contribution < -0.4 is 30.0 Å². The molecule has 0 radical (unpaired) electrons. The number of methoxy groups -OCH3 is 3. The van der Waals surface area contributed by atoms with E-state index < -0.39 is 0 Å². The standard InChI is InChI=1S/C23H23ClN6O4/c1-30(12-13-6-5-7-14(10-13)26-17-8-9-25-22(24)28-17)23-27-15-11-16(32-2)19(33-3)20(34-4)18(15)21(31)29-23/h5-11H,12H2,1-4H3,(H,25,26,28)(H,27,29,31). The van der Waals surface area contributed by atoms with Crippen LogP contribution in [0.5, 0.6) is 17.2 Å². The molecule has 0 fully saturated rings. The number of halogens is 1. The van der Waals surface area contributed by atoms with Gasteiger partial charge < -0.3 is 24.4 Å². The van der Waals surface area contributed by atoms with E-state index in [9.17, 15) is 4.79 Å². The molecular weight excluding hydrogens is 460 g/mol. The highest BCUT2D eigenvalue weighted by atomic mass is 35.5. The summed E-state index contributed by atoms with van der Waals surface area (Å²) in [4.78, 5) is 30.3. The molecule has 0 saturated heterocycles. The molecule has 2 aromatic carbocycles. The second-order valence-corrected chi connectivity index (χ2v) is 7.66. The third kappa shape index (κ3) is 4.67. The zero-order chi connectivity index (χ0) is 24.2. The molecule has 0 aliphatic carbocycles. The van der Waals surface area contributed by atoms with E-state index in [1.807, 2.05) is 36.2 Å². The lowest BCUT2D eigenvalue weighted by Gasteiger charge is -2.20. The summed E-state index contributed by atoms with van der Waals surface area (Å²) in [5.41, 5.74) is 1.90. The van der Waals surface area contributed by atoms with E-state index in [1.165, 1.54) is 21.3 Å². The molecule has 10 nitrogen and oxygen atoms in total. The fourth-order valence-electron chi connectivity index (χ4n) is 3.59. The van der Waals surface area contributed by atoms with Crippen molar-refractivity contribution in [3.05, 3.63) is 63.8 Å². The van der Waals surface area contributed by atoms with Crippen LogP contribution in [0.2, 0.25) is 5.28 Å². The van der Waals surface area contributed by atoms with Crippen molar-refractivity contribution in [3.8, 4) is 17.2 Å². The van der Waals surface area contributed by atoms with Gasteiger partial charge in [0.15, 0.2) is 11.5 Å². The first kappa shape index (κ1) is 23.1. The molecular formula is C23H23ClN6O4. The Morgan fingerprint density at radius 3 is 2.56 bits per heavy atom. The van der Waals surface area contributed by atoms with Gasteiger partial charge >= 0.3 is 0 Å². The van der Waals surface area contributed by atoms with Crippen LogP contribution in [0.4, 0.5) is 17.5 Å². The predicted molar refractivity (Wildman–Crippen MR) is 131 cm³/mol. The van der Waals surface area contributed by atoms with Crippen molar-refractivity contribution < 1.29 is 14.2 Å². The first-order valence-electron chi connectivity index (χ1n) is 10.2. The van der Waals surface area contributed by atoms with Crippen molar-refractivity contribution in [1.82, 2.24) is 19.9 Å². The van der Waals surface area contributed by atoms with Crippen molar-refractivity contribution in [2.75, 3.05) is 38.6 Å². The summed E-state index contributed by atoms with van der Waals surface area (Å²) in [6.45, 7) is 0.485. The number of anilines is 3.